The highest BCUT2D eigenvalue weighted by Crippen LogP contribution is 2.27. The van der Waals surface area contributed by atoms with Gasteiger partial charge in [-0.3, -0.25) is 0 Å². The fourth-order valence-electron chi connectivity index (χ4n) is 2.48. The molecule has 0 fully saturated rings. The van der Waals surface area contributed by atoms with E-state index >= 15 is 0 Å². The Morgan fingerprint density at radius 1 is 0.850 bits per heavy atom. The minimum atomic E-state index is -0.206. The van der Waals surface area contributed by atoms with Crippen molar-refractivity contribution in [2.24, 2.45) is 0 Å². The normalized spacial score (nSPS) is 10.7. The van der Waals surface area contributed by atoms with E-state index < -0.39 is 0 Å². The second-order valence-electron chi connectivity index (χ2n) is 4.74. The summed E-state index contributed by atoms with van der Waals surface area (Å²) in [6.07, 6.45) is 0.954. The van der Waals surface area contributed by atoms with Crippen LogP contribution in [0.5, 0.6) is 0 Å². The van der Waals surface area contributed by atoms with Gasteiger partial charge in [0.1, 0.15) is 5.82 Å². The molecule has 0 amide bonds. The van der Waals surface area contributed by atoms with Gasteiger partial charge < -0.3 is 4.57 Å². The molecule has 0 saturated carbocycles. The zero-order chi connectivity index (χ0) is 13.9. The SMILES string of the molecule is CCc1ccc(-c2ccc(F)cc2)n1-c1ccccc1. The molecule has 0 atom stereocenters. The van der Waals surface area contributed by atoms with Crippen LogP contribution >= 0.6 is 0 Å². The van der Waals surface area contributed by atoms with E-state index in [-0.39, 0.29) is 5.82 Å². The average molecular weight is 265 g/mol. The summed E-state index contributed by atoms with van der Waals surface area (Å²) in [7, 11) is 0. The van der Waals surface area contributed by atoms with Crippen molar-refractivity contribution < 1.29 is 4.39 Å². The van der Waals surface area contributed by atoms with Gasteiger partial charge in [0.15, 0.2) is 0 Å². The van der Waals surface area contributed by atoms with Gasteiger partial charge in [-0.2, -0.15) is 0 Å². The average Bonchev–Trinajstić information content (AvgIpc) is 2.93. The van der Waals surface area contributed by atoms with Crippen molar-refractivity contribution in [3.05, 3.63) is 78.2 Å². The van der Waals surface area contributed by atoms with Crippen LogP contribution in [0.1, 0.15) is 12.6 Å². The molecule has 2 heteroatoms. The molecule has 3 rings (SSSR count). The Labute approximate surface area is 118 Å². The Balaban J connectivity index is 2.17. The van der Waals surface area contributed by atoms with Gasteiger partial charge in [-0.1, -0.05) is 25.1 Å². The molecule has 1 nitrogen and oxygen atoms in total. The first-order valence-electron chi connectivity index (χ1n) is 6.81. The standard InChI is InChI=1S/C18H16FN/c1-2-16-12-13-18(14-8-10-15(19)11-9-14)20(16)17-6-4-3-5-7-17/h3-13H,2H2,1H3. The van der Waals surface area contributed by atoms with Crippen LogP contribution in [0, 0.1) is 5.82 Å². The highest BCUT2D eigenvalue weighted by molar-refractivity contribution is 5.64. The quantitative estimate of drug-likeness (QED) is 0.638. The molecule has 1 aromatic heterocycles. The van der Waals surface area contributed by atoms with Crippen LogP contribution in [0.4, 0.5) is 4.39 Å². The molecule has 0 aliphatic rings. The third kappa shape index (κ3) is 2.25. The summed E-state index contributed by atoms with van der Waals surface area (Å²) in [5.41, 5.74) is 4.49. The van der Waals surface area contributed by atoms with Crippen molar-refractivity contribution in [2.75, 3.05) is 0 Å². The zero-order valence-corrected chi connectivity index (χ0v) is 11.4. The smallest absolute Gasteiger partial charge is 0.123 e. The van der Waals surface area contributed by atoms with Crippen LogP contribution < -0.4 is 0 Å². The number of halogens is 1. The molecule has 2 aromatic carbocycles. The van der Waals surface area contributed by atoms with Crippen LogP contribution in [-0.4, -0.2) is 4.57 Å². The first-order valence-corrected chi connectivity index (χ1v) is 6.81. The molecule has 0 radical (unpaired) electrons. The first kappa shape index (κ1) is 12.7. The number of benzene rings is 2. The third-order valence-corrected chi connectivity index (χ3v) is 3.48. The van der Waals surface area contributed by atoms with Crippen LogP contribution in [0.15, 0.2) is 66.7 Å². The Bertz CT molecular complexity index is 696. The molecule has 0 aliphatic carbocycles. The second-order valence-corrected chi connectivity index (χ2v) is 4.74. The third-order valence-electron chi connectivity index (χ3n) is 3.48. The summed E-state index contributed by atoms with van der Waals surface area (Å²) in [6.45, 7) is 2.14. The van der Waals surface area contributed by atoms with Crippen LogP contribution in [0.2, 0.25) is 0 Å². The lowest BCUT2D eigenvalue weighted by Crippen LogP contribution is -2.00. The Morgan fingerprint density at radius 3 is 2.20 bits per heavy atom. The summed E-state index contributed by atoms with van der Waals surface area (Å²) in [4.78, 5) is 0. The summed E-state index contributed by atoms with van der Waals surface area (Å²) in [6, 6.07) is 21.1. The minimum Gasteiger partial charge on any atom is -0.314 e. The van der Waals surface area contributed by atoms with Crippen LogP contribution in [-0.2, 0) is 6.42 Å². The van der Waals surface area contributed by atoms with E-state index in [4.69, 9.17) is 0 Å². The Morgan fingerprint density at radius 2 is 1.55 bits per heavy atom. The predicted molar refractivity (Wildman–Crippen MR) is 80.5 cm³/mol. The van der Waals surface area contributed by atoms with Crippen LogP contribution in [0.3, 0.4) is 0 Å². The van der Waals surface area contributed by atoms with E-state index in [1.54, 1.807) is 0 Å². The van der Waals surface area contributed by atoms with E-state index in [2.05, 4.69) is 35.8 Å². The molecule has 0 N–H and O–H groups in total. The maximum absolute atomic E-state index is 13.1. The molecule has 0 saturated heterocycles. The molecule has 0 aliphatic heterocycles. The number of nitrogens with zero attached hydrogens (tertiary/aromatic N) is 1. The predicted octanol–water partition coefficient (Wildman–Crippen LogP) is 4.85. The lowest BCUT2D eigenvalue weighted by molar-refractivity contribution is 0.628. The number of hydrogen-bond acceptors (Lipinski definition) is 0. The summed E-state index contributed by atoms with van der Waals surface area (Å²) < 4.78 is 15.3. The topological polar surface area (TPSA) is 4.93 Å². The highest BCUT2D eigenvalue weighted by atomic mass is 19.1. The number of aromatic nitrogens is 1. The monoisotopic (exact) mass is 265 g/mol. The van der Waals surface area contributed by atoms with E-state index in [0.29, 0.717) is 0 Å². The molecule has 3 aromatic rings. The van der Waals surface area contributed by atoms with Gasteiger partial charge in [-0.15, -0.1) is 0 Å². The molecule has 0 bridgehead atoms. The van der Waals surface area contributed by atoms with E-state index in [1.165, 1.54) is 17.8 Å². The zero-order valence-electron chi connectivity index (χ0n) is 11.4. The van der Waals surface area contributed by atoms with E-state index in [1.807, 2.05) is 30.3 Å². The minimum absolute atomic E-state index is 0.206. The summed E-state index contributed by atoms with van der Waals surface area (Å²) in [5, 5.41) is 0. The molecule has 100 valence electrons. The van der Waals surface area contributed by atoms with Gasteiger partial charge >= 0.3 is 0 Å². The fraction of sp³-hybridized carbons (Fsp3) is 0.111. The summed E-state index contributed by atoms with van der Waals surface area (Å²) >= 11 is 0. The van der Waals surface area contributed by atoms with Crippen molar-refractivity contribution in [3.8, 4) is 16.9 Å². The summed E-state index contributed by atoms with van der Waals surface area (Å²) in [5.74, 6) is -0.206. The van der Waals surface area contributed by atoms with Gasteiger partial charge in [0.2, 0.25) is 0 Å². The molecule has 20 heavy (non-hydrogen) atoms. The molecular weight excluding hydrogens is 249 g/mol. The molecular formula is C18H16FN. The molecule has 0 unspecified atom stereocenters. The van der Waals surface area contributed by atoms with Gasteiger partial charge in [-0.05, 0) is 60.5 Å². The second kappa shape index (κ2) is 5.33. The number of aryl methyl sites for hydroxylation is 1. The van der Waals surface area contributed by atoms with Gasteiger partial charge in [0.05, 0.1) is 5.69 Å². The first-order chi connectivity index (χ1) is 9.79. The van der Waals surface area contributed by atoms with Gasteiger partial charge in [0.25, 0.3) is 0 Å². The number of para-hydroxylation sites is 1. The van der Waals surface area contributed by atoms with Crippen molar-refractivity contribution >= 4 is 0 Å². The maximum Gasteiger partial charge on any atom is 0.123 e. The molecule has 0 spiro atoms. The van der Waals surface area contributed by atoms with E-state index in [0.717, 1.165) is 23.4 Å². The van der Waals surface area contributed by atoms with Gasteiger partial charge in [0, 0.05) is 11.4 Å². The lowest BCUT2D eigenvalue weighted by atomic mass is 10.1. The fourth-order valence-corrected chi connectivity index (χ4v) is 2.48. The van der Waals surface area contributed by atoms with Crippen molar-refractivity contribution in [2.45, 2.75) is 13.3 Å². The van der Waals surface area contributed by atoms with E-state index in [9.17, 15) is 4.39 Å². The Hall–Kier alpha value is -2.35. The Kier molecular flexibility index (Phi) is 3.38. The van der Waals surface area contributed by atoms with Crippen LogP contribution in [0.25, 0.3) is 16.9 Å². The maximum atomic E-state index is 13.1. The van der Waals surface area contributed by atoms with Crippen molar-refractivity contribution in [3.63, 3.8) is 0 Å². The van der Waals surface area contributed by atoms with Crippen molar-refractivity contribution in [1.82, 2.24) is 4.57 Å². The number of hydrogen-bond donors (Lipinski definition) is 0. The molecule has 1 heterocycles. The highest BCUT2D eigenvalue weighted by Gasteiger charge is 2.10. The lowest BCUT2D eigenvalue weighted by Gasteiger charge is -2.13. The number of rotatable bonds is 3. The largest absolute Gasteiger partial charge is 0.314 e. The van der Waals surface area contributed by atoms with Crippen molar-refractivity contribution in [1.29, 1.82) is 0 Å². The van der Waals surface area contributed by atoms with Gasteiger partial charge in [-0.25, -0.2) is 4.39 Å².